The molecule has 0 heterocycles. The van der Waals surface area contributed by atoms with Crippen molar-refractivity contribution < 1.29 is 19.4 Å². The van der Waals surface area contributed by atoms with Crippen LogP contribution in [-0.2, 0) is 26.2 Å². The van der Waals surface area contributed by atoms with Crippen LogP contribution in [0.15, 0.2) is 24.3 Å². The van der Waals surface area contributed by atoms with Crippen LogP contribution >= 0.6 is 0 Å². The lowest BCUT2D eigenvalue weighted by Gasteiger charge is -2.22. The second-order valence-electron chi connectivity index (χ2n) is 6.22. The summed E-state index contributed by atoms with van der Waals surface area (Å²) in [6.07, 6.45) is 2.84. The molecule has 1 saturated carbocycles. The first kappa shape index (κ1) is 15.0. The Balaban J connectivity index is 1.75. The molecule has 1 aromatic carbocycles. The minimum absolute atomic E-state index is 0.0441. The molecule has 118 valence electrons. The number of hydrogen-bond donors (Lipinski definition) is 1. The monoisotopic (exact) mass is 303 g/mol. The molecule has 2 aliphatic carbocycles. The number of carbonyl (C=O) groups is 2. The van der Waals surface area contributed by atoms with E-state index >= 15 is 0 Å². The molecule has 1 fully saturated rings. The van der Waals surface area contributed by atoms with Crippen molar-refractivity contribution in [3.05, 3.63) is 35.4 Å². The molecule has 1 amide bonds. The van der Waals surface area contributed by atoms with Gasteiger partial charge in [-0.25, -0.2) is 0 Å². The average molecular weight is 303 g/mol. The zero-order chi connectivity index (χ0) is 15.7. The van der Waals surface area contributed by atoms with Crippen molar-refractivity contribution in [3.63, 3.8) is 0 Å². The van der Waals surface area contributed by atoms with Gasteiger partial charge in [-0.2, -0.15) is 0 Å². The molecule has 2 aliphatic rings. The maximum absolute atomic E-state index is 12.7. The fourth-order valence-electron chi connectivity index (χ4n) is 3.77. The quantitative estimate of drug-likeness (QED) is 0.864. The summed E-state index contributed by atoms with van der Waals surface area (Å²) >= 11 is 0. The largest absolute Gasteiger partial charge is 0.480 e. The minimum atomic E-state index is -0.981. The molecule has 0 radical (unpaired) electrons. The van der Waals surface area contributed by atoms with Gasteiger partial charge >= 0.3 is 5.97 Å². The van der Waals surface area contributed by atoms with Gasteiger partial charge in [-0.15, -0.1) is 0 Å². The molecule has 2 atom stereocenters. The van der Waals surface area contributed by atoms with E-state index in [2.05, 4.69) is 12.1 Å². The molecule has 1 spiro atoms. The predicted octanol–water partition coefficient (Wildman–Crippen LogP) is 1.45. The van der Waals surface area contributed by atoms with Crippen molar-refractivity contribution in [2.45, 2.75) is 24.7 Å². The Bertz CT molecular complexity index is 600. The number of hydrogen-bond acceptors (Lipinski definition) is 3. The van der Waals surface area contributed by atoms with Gasteiger partial charge in [0, 0.05) is 25.0 Å². The number of benzene rings is 1. The maximum atomic E-state index is 12.7. The molecule has 5 nitrogen and oxygen atoms in total. The number of fused-ring (bicyclic) bond motifs is 2. The van der Waals surface area contributed by atoms with E-state index in [0.717, 1.165) is 19.3 Å². The number of nitrogens with zero attached hydrogens (tertiary/aromatic N) is 1. The number of methoxy groups -OCH3 is 1. The normalized spacial score (nSPS) is 25.0. The van der Waals surface area contributed by atoms with Crippen molar-refractivity contribution in [1.82, 2.24) is 4.90 Å². The first-order valence-electron chi connectivity index (χ1n) is 7.66. The summed E-state index contributed by atoms with van der Waals surface area (Å²) in [5.74, 6) is -1.10. The highest BCUT2D eigenvalue weighted by Gasteiger charge is 2.62. The average Bonchev–Trinajstić information content (AvgIpc) is 3.12. The standard InChI is InChI=1S/C17H21NO4/c1-22-9-8-18(11-15(19)20)16(21)14-10-17(14)7-6-12-4-2-3-5-13(12)17/h2-5,14H,6-11H2,1H3,(H,19,20). The van der Waals surface area contributed by atoms with Gasteiger partial charge in [-0.05, 0) is 30.4 Å². The SMILES string of the molecule is COCCN(CC(=O)O)C(=O)C1CC12CCc1ccccc12. The number of aryl methyl sites for hydroxylation is 1. The van der Waals surface area contributed by atoms with Gasteiger partial charge in [0.25, 0.3) is 0 Å². The third kappa shape index (κ3) is 2.50. The van der Waals surface area contributed by atoms with Crippen LogP contribution in [0.1, 0.15) is 24.0 Å². The third-order valence-electron chi connectivity index (χ3n) is 4.97. The van der Waals surface area contributed by atoms with E-state index in [-0.39, 0.29) is 23.8 Å². The number of amides is 1. The number of carboxylic acid groups (broad SMARTS) is 1. The molecule has 3 rings (SSSR count). The fraction of sp³-hybridized carbons (Fsp3) is 0.529. The summed E-state index contributed by atoms with van der Waals surface area (Å²) in [4.78, 5) is 25.1. The predicted molar refractivity (Wildman–Crippen MR) is 80.6 cm³/mol. The number of rotatable bonds is 6. The van der Waals surface area contributed by atoms with Crippen molar-refractivity contribution in [2.24, 2.45) is 5.92 Å². The van der Waals surface area contributed by atoms with Crippen LogP contribution in [-0.4, -0.2) is 48.7 Å². The molecule has 1 N–H and O–H groups in total. The van der Waals surface area contributed by atoms with Crippen LogP contribution in [0.5, 0.6) is 0 Å². The number of aliphatic carboxylic acids is 1. The first-order chi connectivity index (χ1) is 10.6. The maximum Gasteiger partial charge on any atom is 0.323 e. The number of carbonyl (C=O) groups excluding carboxylic acids is 1. The molecule has 1 aromatic rings. The lowest BCUT2D eigenvalue weighted by molar-refractivity contribution is -0.145. The fourth-order valence-corrected chi connectivity index (χ4v) is 3.77. The van der Waals surface area contributed by atoms with Crippen molar-refractivity contribution >= 4 is 11.9 Å². The second-order valence-corrected chi connectivity index (χ2v) is 6.22. The van der Waals surface area contributed by atoms with Gasteiger partial charge in [0.1, 0.15) is 6.54 Å². The Morgan fingerprint density at radius 3 is 2.91 bits per heavy atom. The van der Waals surface area contributed by atoms with Crippen molar-refractivity contribution in [2.75, 3.05) is 26.8 Å². The summed E-state index contributed by atoms with van der Waals surface area (Å²) in [7, 11) is 1.55. The Hall–Kier alpha value is -1.88. The molecule has 5 heteroatoms. The van der Waals surface area contributed by atoms with E-state index in [1.807, 2.05) is 12.1 Å². The molecule has 22 heavy (non-hydrogen) atoms. The van der Waals surface area contributed by atoms with Crippen LogP contribution in [0.25, 0.3) is 0 Å². The zero-order valence-electron chi connectivity index (χ0n) is 12.7. The summed E-state index contributed by atoms with van der Waals surface area (Å²) in [6.45, 7) is 0.432. The molecular formula is C17H21NO4. The van der Waals surface area contributed by atoms with Gasteiger partial charge in [0.2, 0.25) is 5.91 Å². The highest BCUT2D eigenvalue weighted by atomic mass is 16.5. The summed E-state index contributed by atoms with van der Waals surface area (Å²) in [6, 6.07) is 8.30. The number of ether oxygens (including phenoxy) is 1. The van der Waals surface area contributed by atoms with E-state index in [1.54, 1.807) is 7.11 Å². The Labute approximate surface area is 129 Å². The Morgan fingerprint density at radius 2 is 2.18 bits per heavy atom. The minimum Gasteiger partial charge on any atom is -0.480 e. The molecule has 0 aromatic heterocycles. The van der Waals surface area contributed by atoms with Gasteiger partial charge < -0.3 is 14.7 Å². The molecule has 0 aliphatic heterocycles. The van der Waals surface area contributed by atoms with E-state index in [9.17, 15) is 9.59 Å². The lowest BCUT2D eigenvalue weighted by atomic mass is 9.95. The highest BCUT2D eigenvalue weighted by Crippen LogP contribution is 2.61. The Kier molecular flexibility index (Phi) is 3.91. The third-order valence-corrected chi connectivity index (χ3v) is 4.97. The van der Waals surface area contributed by atoms with E-state index in [1.165, 1.54) is 16.0 Å². The van der Waals surface area contributed by atoms with Gasteiger partial charge in [-0.1, -0.05) is 24.3 Å². The molecular weight excluding hydrogens is 282 g/mol. The van der Waals surface area contributed by atoms with E-state index in [0.29, 0.717) is 13.2 Å². The summed E-state index contributed by atoms with van der Waals surface area (Å²) < 4.78 is 4.99. The van der Waals surface area contributed by atoms with Crippen LogP contribution < -0.4 is 0 Å². The van der Waals surface area contributed by atoms with Gasteiger partial charge in [-0.3, -0.25) is 9.59 Å². The van der Waals surface area contributed by atoms with Crippen LogP contribution in [0.4, 0.5) is 0 Å². The van der Waals surface area contributed by atoms with Gasteiger partial charge in [0.15, 0.2) is 0 Å². The lowest BCUT2D eigenvalue weighted by Crippen LogP contribution is -2.40. The highest BCUT2D eigenvalue weighted by molar-refractivity contribution is 5.87. The van der Waals surface area contributed by atoms with E-state index < -0.39 is 5.97 Å². The van der Waals surface area contributed by atoms with Crippen LogP contribution in [0, 0.1) is 5.92 Å². The smallest absolute Gasteiger partial charge is 0.323 e. The molecule has 2 unspecified atom stereocenters. The summed E-state index contributed by atoms with van der Waals surface area (Å²) in [5, 5.41) is 9.01. The molecule has 0 saturated heterocycles. The zero-order valence-corrected chi connectivity index (χ0v) is 12.7. The Morgan fingerprint density at radius 1 is 1.41 bits per heavy atom. The second kappa shape index (κ2) is 5.72. The van der Waals surface area contributed by atoms with Gasteiger partial charge in [0.05, 0.1) is 6.61 Å². The first-order valence-corrected chi connectivity index (χ1v) is 7.66. The topological polar surface area (TPSA) is 66.8 Å². The summed E-state index contributed by atoms with van der Waals surface area (Å²) in [5.41, 5.74) is 2.58. The van der Waals surface area contributed by atoms with E-state index in [4.69, 9.17) is 9.84 Å². The number of carboxylic acids is 1. The van der Waals surface area contributed by atoms with Crippen molar-refractivity contribution in [3.8, 4) is 0 Å². The van der Waals surface area contributed by atoms with Crippen LogP contribution in [0.2, 0.25) is 0 Å². The molecule has 0 bridgehead atoms. The van der Waals surface area contributed by atoms with Crippen LogP contribution in [0.3, 0.4) is 0 Å². The van der Waals surface area contributed by atoms with Crippen molar-refractivity contribution in [1.29, 1.82) is 0 Å².